The zero-order valence-electron chi connectivity index (χ0n) is 27.7. The number of fused-ring (bicyclic) bond motifs is 2. The lowest BCUT2D eigenvalue weighted by molar-refractivity contribution is -0.193. The number of nitrogens with one attached hydrogen (secondary N) is 2. The van der Waals surface area contributed by atoms with Crippen molar-refractivity contribution < 1.29 is 69.2 Å². The first-order valence-corrected chi connectivity index (χ1v) is 15.6. The van der Waals surface area contributed by atoms with Crippen molar-refractivity contribution in [3.63, 3.8) is 0 Å². The van der Waals surface area contributed by atoms with Crippen LogP contribution in [0.4, 0.5) is 51.0 Å². The van der Waals surface area contributed by atoms with Gasteiger partial charge in [-0.2, -0.15) is 39.5 Å². The van der Waals surface area contributed by atoms with E-state index in [0.717, 1.165) is 41.7 Å². The summed E-state index contributed by atoms with van der Waals surface area (Å²) in [6.07, 6.45) is -9.14. The monoisotopic (exact) mass is 811 g/mol. The van der Waals surface area contributed by atoms with E-state index in [1.807, 2.05) is 18.3 Å². The number of pyridine rings is 1. The number of nitrogens with zero attached hydrogens (tertiary/aromatic N) is 5. The van der Waals surface area contributed by atoms with Gasteiger partial charge in [0.1, 0.15) is 11.8 Å². The van der Waals surface area contributed by atoms with Crippen molar-refractivity contribution in [1.29, 1.82) is 0 Å². The van der Waals surface area contributed by atoms with E-state index in [9.17, 15) is 39.5 Å². The number of aromatic amines is 1. The molecule has 2 atom stereocenters. The highest BCUT2D eigenvalue weighted by molar-refractivity contribution is 6.36. The van der Waals surface area contributed by atoms with Crippen molar-refractivity contribution in [2.24, 2.45) is 0 Å². The van der Waals surface area contributed by atoms with Crippen molar-refractivity contribution >= 4 is 63.1 Å². The highest BCUT2D eigenvalue weighted by Gasteiger charge is 2.39. The first kappa shape index (κ1) is 43.5. The quantitative estimate of drug-likeness (QED) is 0.109. The van der Waals surface area contributed by atoms with Gasteiger partial charge in [-0.3, -0.25) is 4.98 Å². The summed E-state index contributed by atoms with van der Waals surface area (Å²) in [6, 6.07) is 16.7. The van der Waals surface area contributed by atoms with Crippen molar-refractivity contribution in [2.75, 3.05) is 23.3 Å². The number of benzene rings is 2. The van der Waals surface area contributed by atoms with Crippen LogP contribution in [0.25, 0.3) is 22.1 Å². The van der Waals surface area contributed by atoms with E-state index in [-0.39, 0.29) is 6.04 Å². The summed E-state index contributed by atoms with van der Waals surface area (Å²) in [7, 11) is 0. The number of rotatable bonds is 5. The van der Waals surface area contributed by atoms with Gasteiger partial charge in [0.25, 0.3) is 0 Å². The molecule has 0 spiro atoms. The molecular formula is C32H27ClF9N7O6. The molecule has 3 aromatic heterocycles. The molecule has 1 aliphatic heterocycles. The summed E-state index contributed by atoms with van der Waals surface area (Å²) >= 11 is 6.76. The molecular weight excluding hydrogens is 785 g/mol. The van der Waals surface area contributed by atoms with E-state index in [4.69, 9.17) is 46.3 Å². The number of halogens is 10. The minimum atomic E-state index is -5.08. The Hall–Kier alpha value is -5.93. The van der Waals surface area contributed by atoms with E-state index in [0.29, 0.717) is 27.9 Å². The number of anilines is 2. The third kappa shape index (κ3) is 12.0. The maximum atomic E-state index is 10.6. The second-order valence-electron chi connectivity index (χ2n) is 11.1. The molecule has 13 nitrogen and oxygen atoms in total. The maximum absolute atomic E-state index is 10.6. The summed E-state index contributed by atoms with van der Waals surface area (Å²) < 4.78 is 95.2. The van der Waals surface area contributed by atoms with Gasteiger partial charge in [-0.15, -0.1) is 0 Å². The fourth-order valence-electron chi connectivity index (χ4n) is 4.98. The van der Waals surface area contributed by atoms with Gasteiger partial charge >= 0.3 is 36.4 Å². The van der Waals surface area contributed by atoms with Crippen molar-refractivity contribution in [1.82, 2.24) is 24.9 Å². The second kappa shape index (κ2) is 17.9. The molecule has 1 saturated heterocycles. The lowest BCUT2D eigenvalue weighted by Crippen LogP contribution is -2.23. The molecule has 55 heavy (non-hydrogen) atoms. The van der Waals surface area contributed by atoms with Crippen molar-refractivity contribution in [2.45, 2.75) is 43.8 Å². The standard InChI is InChI=1S/C26H24ClN7.3C2HF3O2/c1-16(33-26-23-25(30-14-29-23)31-15-32-26)20-12-21(27)19-8-5-10-28-22(19)24(20)34-11-9-18(13-34)17-6-3-2-4-7-17;3*3-2(4,5)1(6)7/h2-8,10,12,14-16,18H,9,11,13H2,1H3,(H2,29,30,31,32,33);3*(H,6,7). The summed E-state index contributed by atoms with van der Waals surface area (Å²) in [5.41, 5.74) is 5.95. The van der Waals surface area contributed by atoms with Crippen LogP contribution in [0.15, 0.2) is 67.4 Å². The molecule has 23 heteroatoms. The fraction of sp³-hybridized carbons (Fsp3) is 0.281. The Kier molecular flexibility index (Phi) is 14.2. The Bertz CT molecular complexity index is 2040. The predicted molar refractivity (Wildman–Crippen MR) is 178 cm³/mol. The number of aliphatic carboxylic acids is 3. The van der Waals surface area contributed by atoms with Crippen molar-refractivity contribution in [3.8, 4) is 0 Å². The topological polar surface area (TPSA) is 195 Å². The zero-order valence-corrected chi connectivity index (χ0v) is 28.5. The summed E-state index contributed by atoms with van der Waals surface area (Å²) in [6.45, 7) is 4.02. The number of H-pyrrole nitrogens is 1. The normalized spacial score (nSPS) is 14.7. The summed E-state index contributed by atoms with van der Waals surface area (Å²) in [5, 5.41) is 26.6. The zero-order chi connectivity index (χ0) is 41.3. The molecule has 0 aliphatic carbocycles. The number of carboxylic acid groups (broad SMARTS) is 3. The first-order chi connectivity index (χ1) is 25.5. The Morgan fingerprint density at radius 2 is 1.40 bits per heavy atom. The average molecular weight is 812 g/mol. The highest BCUT2D eigenvalue weighted by atomic mass is 35.5. The fourth-order valence-corrected chi connectivity index (χ4v) is 5.25. The Morgan fingerprint density at radius 3 is 1.95 bits per heavy atom. The van der Waals surface area contributed by atoms with Crippen LogP contribution in [-0.2, 0) is 14.4 Å². The molecule has 2 aromatic carbocycles. The molecule has 2 unspecified atom stereocenters. The number of carbonyl (C=O) groups is 3. The smallest absolute Gasteiger partial charge is 0.475 e. The third-order valence-corrected chi connectivity index (χ3v) is 7.70. The number of hydrogen-bond acceptors (Lipinski definition) is 9. The highest BCUT2D eigenvalue weighted by Crippen LogP contribution is 2.42. The largest absolute Gasteiger partial charge is 0.490 e. The van der Waals surface area contributed by atoms with Gasteiger partial charge in [-0.25, -0.2) is 29.3 Å². The minimum Gasteiger partial charge on any atom is -0.475 e. The summed E-state index contributed by atoms with van der Waals surface area (Å²) in [4.78, 5) is 50.0. The van der Waals surface area contributed by atoms with Crippen molar-refractivity contribution in [3.05, 3.63) is 83.5 Å². The minimum absolute atomic E-state index is 0.0792. The lowest BCUT2D eigenvalue weighted by Gasteiger charge is -2.27. The van der Waals surface area contributed by atoms with E-state index in [1.165, 1.54) is 11.9 Å². The van der Waals surface area contributed by atoms with Gasteiger partial charge < -0.3 is 30.5 Å². The van der Waals surface area contributed by atoms with Gasteiger partial charge in [-0.05, 0) is 37.1 Å². The summed E-state index contributed by atoms with van der Waals surface area (Å²) in [5.74, 6) is -7.10. The molecule has 0 saturated carbocycles. The number of alkyl halides is 9. The molecule has 0 amide bonds. The van der Waals surface area contributed by atoms with E-state index < -0.39 is 36.4 Å². The molecule has 4 heterocycles. The predicted octanol–water partition coefficient (Wildman–Crippen LogP) is 7.62. The van der Waals surface area contributed by atoms with Crippen LogP contribution in [0.3, 0.4) is 0 Å². The molecule has 6 rings (SSSR count). The third-order valence-electron chi connectivity index (χ3n) is 7.38. The number of carboxylic acids is 3. The van der Waals surface area contributed by atoms with Gasteiger partial charge in [0.2, 0.25) is 0 Å². The molecule has 0 radical (unpaired) electrons. The van der Waals surface area contributed by atoms with Crippen LogP contribution >= 0.6 is 11.6 Å². The van der Waals surface area contributed by atoms with Gasteiger partial charge in [0.05, 0.1) is 28.6 Å². The molecule has 1 aliphatic rings. The molecule has 5 N–H and O–H groups in total. The second-order valence-corrected chi connectivity index (χ2v) is 11.5. The Morgan fingerprint density at radius 1 is 0.836 bits per heavy atom. The van der Waals surface area contributed by atoms with E-state index >= 15 is 0 Å². The van der Waals surface area contributed by atoms with Gasteiger partial charge in [0, 0.05) is 36.2 Å². The van der Waals surface area contributed by atoms with Crippen LogP contribution in [0, 0.1) is 0 Å². The van der Waals surface area contributed by atoms with Gasteiger partial charge in [-0.1, -0.05) is 41.9 Å². The molecule has 296 valence electrons. The Balaban J connectivity index is 0.000000318. The van der Waals surface area contributed by atoms with Crippen LogP contribution in [-0.4, -0.2) is 89.8 Å². The van der Waals surface area contributed by atoms with Crippen LogP contribution in [0.2, 0.25) is 5.02 Å². The van der Waals surface area contributed by atoms with Crippen LogP contribution < -0.4 is 10.2 Å². The van der Waals surface area contributed by atoms with Gasteiger partial charge in [0.15, 0.2) is 11.5 Å². The van der Waals surface area contributed by atoms with E-state index in [2.05, 4.69) is 73.5 Å². The first-order valence-electron chi connectivity index (χ1n) is 15.2. The maximum Gasteiger partial charge on any atom is 0.490 e. The molecule has 5 aromatic rings. The van der Waals surface area contributed by atoms with Crippen LogP contribution in [0.5, 0.6) is 0 Å². The molecule has 1 fully saturated rings. The van der Waals surface area contributed by atoms with Crippen LogP contribution in [0.1, 0.15) is 36.4 Å². The average Bonchev–Trinajstić information content (AvgIpc) is 3.79. The molecule has 0 bridgehead atoms. The Labute approximate surface area is 307 Å². The lowest BCUT2D eigenvalue weighted by atomic mass is 9.98. The van der Waals surface area contributed by atoms with E-state index in [1.54, 1.807) is 6.33 Å². The number of imidazole rings is 1. The number of aromatic nitrogens is 5. The SMILES string of the molecule is CC(Nc1ncnc2[nH]cnc12)c1cc(Cl)c2cccnc2c1N1CCC(c2ccccc2)C1.O=C(O)C(F)(F)F.O=C(O)C(F)(F)F.O=C(O)C(F)(F)F. The number of hydrogen-bond donors (Lipinski definition) is 5.